The van der Waals surface area contributed by atoms with Crippen LogP contribution in [0.5, 0.6) is 0 Å². The monoisotopic (exact) mass is 226 g/mol. The number of carbonyl (C=O) groups excluding carboxylic acids is 1. The smallest absolute Gasteiger partial charge is 0.133 e. The van der Waals surface area contributed by atoms with Crippen LogP contribution in [-0.4, -0.2) is 11.1 Å². The Morgan fingerprint density at radius 1 is 1.58 bits per heavy atom. The minimum atomic E-state index is -0.0495. The van der Waals surface area contributed by atoms with Crippen LogP contribution >= 0.6 is 15.9 Å². The fourth-order valence-corrected chi connectivity index (χ4v) is 1.42. The third kappa shape index (κ3) is 3.18. The van der Waals surface area contributed by atoms with Gasteiger partial charge in [-0.1, -0.05) is 51.9 Å². The van der Waals surface area contributed by atoms with Crippen molar-refractivity contribution in [1.82, 2.24) is 0 Å². The van der Waals surface area contributed by atoms with Gasteiger partial charge in [-0.15, -0.1) is 0 Å². The fourth-order valence-electron chi connectivity index (χ4n) is 1.05. The SMILES string of the molecule is O=CC(Br)CC1=CCC=CC=C1. The normalized spacial score (nSPS) is 18.2. The van der Waals surface area contributed by atoms with Crippen LogP contribution in [0.4, 0.5) is 0 Å². The average molecular weight is 227 g/mol. The summed E-state index contributed by atoms with van der Waals surface area (Å²) < 4.78 is 0. The highest BCUT2D eigenvalue weighted by molar-refractivity contribution is 9.09. The lowest BCUT2D eigenvalue weighted by molar-refractivity contribution is -0.107. The van der Waals surface area contributed by atoms with Crippen molar-refractivity contribution in [3.63, 3.8) is 0 Å². The molecule has 0 spiro atoms. The number of hydrogen-bond donors (Lipinski definition) is 0. The zero-order chi connectivity index (χ0) is 8.81. The lowest BCUT2D eigenvalue weighted by Crippen LogP contribution is -1.99. The Morgan fingerprint density at radius 3 is 3.17 bits per heavy atom. The Labute approximate surface area is 81.0 Å². The molecular formula is C10H11BrO. The molecule has 0 amide bonds. The van der Waals surface area contributed by atoms with Gasteiger partial charge in [-0.2, -0.15) is 0 Å². The molecule has 0 saturated carbocycles. The van der Waals surface area contributed by atoms with Gasteiger partial charge in [-0.3, -0.25) is 0 Å². The maximum absolute atomic E-state index is 10.4. The maximum Gasteiger partial charge on any atom is 0.133 e. The molecule has 0 saturated heterocycles. The van der Waals surface area contributed by atoms with E-state index >= 15 is 0 Å². The Kier molecular flexibility index (Phi) is 4.01. The first kappa shape index (κ1) is 9.46. The van der Waals surface area contributed by atoms with Crippen molar-refractivity contribution in [2.24, 2.45) is 0 Å². The van der Waals surface area contributed by atoms with Crippen molar-refractivity contribution in [2.45, 2.75) is 17.7 Å². The molecule has 0 heterocycles. The summed E-state index contributed by atoms with van der Waals surface area (Å²) in [6.07, 6.45) is 13.0. The quantitative estimate of drug-likeness (QED) is 0.535. The highest BCUT2D eigenvalue weighted by Crippen LogP contribution is 2.14. The molecule has 1 atom stereocenters. The van der Waals surface area contributed by atoms with E-state index in [1.807, 2.05) is 18.2 Å². The van der Waals surface area contributed by atoms with Crippen molar-refractivity contribution in [3.8, 4) is 0 Å². The number of hydrogen-bond acceptors (Lipinski definition) is 1. The first-order valence-corrected chi connectivity index (χ1v) is 4.86. The molecule has 1 rings (SSSR count). The molecule has 0 aliphatic heterocycles. The highest BCUT2D eigenvalue weighted by Gasteiger charge is 2.03. The van der Waals surface area contributed by atoms with Crippen LogP contribution in [-0.2, 0) is 4.79 Å². The second kappa shape index (κ2) is 5.09. The number of rotatable bonds is 3. The molecule has 0 aromatic rings. The van der Waals surface area contributed by atoms with E-state index in [2.05, 4.69) is 28.1 Å². The van der Waals surface area contributed by atoms with Crippen molar-refractivity contribution >= 4 is 22.2 Å². The van der Waals surface area contributed by atoms with Crippen LogP contribution in [0, 0.1) is 0 Å². The van der Waals surface area contributed by atoms with Crippen molar-refractivity contribution < 1.29 is 4.79 Å². The predicted octanol–water partition coefficient (Wildman–Crippen LogP) is 2.78. The predicted molar refractivity (Wildman–Crippen MR) is 54.4 cm³/mol. The first-order valence-electron chi connectivity index (χ1n) is 3.94. The van der Waals surface area contributed by atoms with E-state index in [1.54, 1.807) is 0 Å². The fraction of sp³-hybridized carbons (Fsp3) is 0.300. The van der Waals surface area contributed by atoms with E-state index in [0.29, 0.717) is 0 Å². The molecule has 2 heteroatoms. The molecule has 0 aromatic carbocycles. The van der Waals surface area contributed by atoms with Gasteiger partial charge in [-0.05, 0) is 12.8 Å². The molecule has 64 valence electrons. The molecule has 1 nitrogen and oxygen atoms in total. The molecular weight excluding hydrogens is 216 g/mol. The number of aldehydes is 1. The van der Waals surface area contributed by atoms with E-state index in [1.165, 1.54) is 5.57 Å². The Bertz CT molecular complexity index is 238. The van der Waals surface area contributed by atoms with Crippen molar-refractivity contribution in [3.05, 3.63) is 36.0 Å². The van der Waals surface area contributed by atoms with Gasteiger partial charge in [0.25, 0.3) is 0 Å². The van der Waals surface area contributed by atoms with Gasteiger partial charge in [0, 0.05) is 0 Å². The third-order valence-corrected chi connectivity index (χ3v) is 2.19. The summed E-state index contributed by atoms with van der Waals surface area (Å²) >= 11 is 3.27. The van der Waals surface area contributed by atoms with E-state index < -0.39 is 0 Å². The van der Waals surface area contributed by atoms with Gasteiger partial charge in [0.2, 0.25) is 0 Å². The Morgan fingerprint density at radius 2 is 2.42 bits per heavy atom. The molecule has 12 heavy (non-hydrogen) atoms. The van der Waals surface area contributed by atoms with Crippen molar-refractivity contribution in [2.75, 3.05) is 0 Å². The van der Waals surface area contributed by atoms with Crippen molar-refractivity contribution in [1.29, 1.82) is 0 Å². The van der Waals surface area contributed by atoms with Crippen LogP contribution in [0.25, 0.3) is 0 Å². The van der Waals surface area contributed by atoms with Crippen LogP contribution < -0.4 is 0 Å². The highest BCUT2D eigenvalue weighted by atomic mass is 79.9. The topological polar surface area (TPSA) is 17.1 Å². The maximum atomic E-state index is 10.4. The summed E-state index contributed by atoms with van der Waals surface area (Å²) in [6, 6.07) is 0. The third-order valence-electron chi connectivity index (χ3n) is 1.65. The molecule has 0 bridgehead atoms. The lowest BCUT2D eigenvalue weighted by Gasteiger charge is -2.01. The molecule has 0 radical (unpaired) electrons. The largest absolute Gasteiger partial charge is 0.302 e. The Balaban J connectivity index is 2.52. The summed E-state index contributed by atoms with van der Waals surface area (Å²) in [5.74, 6) is 0. The molecule has 0 aromatic heterocycles. The zero-order valence-electron chi connectivity index (χ0n) is 6.74. The molecule has 0 fully saturated rings. The summed E-state index contributed by atoms with van der Waals surface area (Å²) in [5.41, 5.74) is 1.22. The molecule has 1 unspecified atom stereocenters. The second-order valence-corrected chi connectivity index (χ2v) is 3.83. The molecule has 1 aliphatic rings. The second-order valence-electron chi connectivity index (χ2n) is 2.66. The van der Waals surface area contributed by atoms with Crippen LogP contribution in [0.15, 0.2) is 36.0 Å². The van der Waals surface area contributed by atoms with Gasteiger partial charge in [0.15, 0.2) is 0 Å². The zero-order valence-corrected chi connectivity index (χ0v) is 8.33. The van der Waals surface area contributed by atoms with E-state index in [9.17, 15) is 4.79 Å². The minimum absolute atomic E-state index is 0.0495. The van der Waals surface area contributed by atoms with Gasteiger partial charge in [-0.25, -0.2) is 0 Å². The van der Waals surface area contributed by atoms with E-state index in [0.717, 1.165) is 19.1 Å². The summed E-state index contributed by atoms with van der Waals surface area (Å²) in [7, 11) is 0. The van der Waals surface area contributed by atoms with Gasteiger partial charge >= 0.3 is 0 Å². The number of halogens is 1. The first-order chi connectivity index (χ1) is 5.83. The van der Waals surface area contributed by atoms with Crippen LogP contribution in [0.2, 0.25) is 0 Å². The molecule has 1 aliphatic carbocycles. The van der Waals surface area contributed by atoms with Gasteiger partial charge < -0.3 is 4.79 Å². The Hall–Kier alpha value is -0.630. The van der Waals surface area contributed by atoms with Crippen LogP contribution in [0.3, 0.4) is 0 Å². The average Bonchev–Trinajstić information content (AvgIpc) is 2.33. The van der Waals surface area contributed by atoms with Gasteiger partial charge in [0.1, 0.15) is 6.29 Å². The standard InChI is InChI=1S/C10H11BrO/c11-10(8-12)7-9-5-3-1-2-4-6-9/h1-3,5-6,8,10H,4,7H2. The van der Waals surface area contributed by atoms with Crippen LogP contribution in [0.1, 0.15) is 12.8 Å². The summed E-state index contributed by atoms with van der Waals surface area (Å²) in [5, 5.41) is 0. The van der Waals surface area contributed by atoms with Gasteiger partial charge in [0.05, 0.1) is 4.83 Å². The minimum Gasteiger partial charge on any atom is -0.302 e. The van der Waals surface area contributed by atoms with E-state index in [4.69, 9.17) is 0 Å². The van der Waals surface area contributed by atoms with E-state index in [-0.39, 0.29) is 4.83 Å². The number of allylic oxidation sites excluding steroid dienone is 6. The number of alkyl halides is 1. The lowest BCUT2D eigenvalue weighted by atomic mass is 10.1. The number of carbonyl (C=O) groups is 1. The summed E-state index contributed by atoms with van der Waals surface area (Å²) in [6.45, 7) is 0. The molecule has 0 N–H and O–H groups in total. The summed E-state index contributed by atoms with van der Waals surface area (Å²) in [4.78, 5) is 10.3.